The zero-order chi connectivity index (χ0) is 13.6. The summed E-state index contributed by atoms with van der Waals surface area (Å²) in [6.45, 7) is 4.89. The van der Waals surface area contributed by atoms with E-state index in [0.29, 0.717) is 0 Å². The minimum absolute atomic E-state index is 1.06. The molecule has 20 heavy (non-hydrogen) atoms. The number of anilines is 1. The largest absolute Gasteiger partial charge is 0.384 e. The minimum atomic E-state index is 1.06. The van der Waals surface area contributed by atoms with Gasteiger partial charge >= 0.3 is 0 Å². The Morgan fingerprint density at radius 1 is 0.900 bits per heavy atom. The summed E-state index contributed by atoms with van der Waals surface area (Å²) in [6.07, 6.45) is 5.42. The van der Waals surface area contributed by atoms with Crippen LogP contribution in [0.4, 0.5) is 5.69 Å². The molecule has 0 aromatic heterocycles. The van der Waals surface area contributed by atoms with Crippen molar-refractivity contribution in [3.8, 4) is 0 Å². The summed E-state index contributed by atoms with van der Waals surface area (Å²) in [6, 6.07) is 15.1. The topological polar surface area (TPSA) is 15.3 Å². The molecule has 1 N–H and O–H groups in total. The van der Waals surface area contributed by atoms with E-state index in [1.54, 1.807) is 0 Å². The van der Waals surface area contributed by atoms with Crippen molar-refractivity contribution in [3.63, 3.8) is 0 Å². The lowest BCUT2D eigenvalue weighted by Gasteiger charge is -2.26. The van der Waals surface area contributed by atoms with Crippen LogP contribution in [0.1, 0.15) is 25.7 Å². The van der Waals surface area contributed by atoms with E-state index in [0.717, 1.165) is 6.54 Å². The number of likely N-dealkylation sites (tertiary alicyclic amines) is 1. The van der Waals surface area contributed by atoms with Gasteiger partial charge in [0.15, 0.2) is 0 Å². The van der Waals surface area contributed by atoms with E-state index in [4.69, 9.17) is 0 Å². The molecule has 0 spiro atoms. The zero-order valence-electron chi connectivity index (χ0n) is 12.1. The van der Waals surface area contributed by atoms with Crippen molar-refractivity contribution in [2.24, 2.45) is 0 Å². The van der Waals surface area contributed by atoms with E-state index in [1.807, 2.05) is 0 Å². The van der Waals surface area contributed by atoms with Crippen molar-refractivity contribution in [2.45, 2.75) is 25.7 Å². The van der Waals surface area contributed by atoms with Gasteiger partial charge in [0.1, 0.15) is 0 Å². The van der Waals surface area contributed by atoms with Crippen molar-refractivity contribution in [1.82, 2.24) is 4.90 Å². The standard InChI is InChI=1S/C18H24N2/c1-4-13-20(14-5-1)15-7-12-19-18-11-6-9-16-8-2-3-10-17(16)18/h2-3,6,8-11,19H,1,4-5,7,12-15H2. The molecule has 0 radical (unpaired) electrons. The Morgan fingerprint density at radius 3 is 2.60 bits per heavy atom. The molecule has 2 aromatic carbocycles. The first-order chi connectivity index (χ1) is 9.93. The highest BCUT2D eigenvalue weighted by atomic mass is 15.1. The van der Waals surface area contributed by atoms with Gasteiger partial charge in [-0.3, -0.25) is 0 Å². The number of nitrogens with zero attached hydrogens (tertiary/aromatic N) is 1. The Bertz CT molecular complexity index is 539. The molecule has 1 aliphatic rings. The van der Waals surface area contributed by atoms with Crippen LogP contribution < -0.4 is 5.32 Å². The second kappa shape index (κ2) is 6.76. The van der Waals surface area contributed by atoms with Crippen LogP contribution in [-0.2, 0) is 0 Å². The predicted molar refractivity (Wildman–Crippen MR) is 87.3 cm³/mol. The molecule has 2 aromatic rings. The summed E-state index contributed by atoms with van der Waals surface area (Å²) < 4.78 is 0. The lowest BCUT2D eigenvalue weighted by molar-refractivity contribution is 0.228. The first-order valence-electron chi connectivity index (χ1n) is 7.87. The second-order valence-corrected chi connectivity index (χ2v) is 5.71. The van der Waals surface area contributed by atoms with Crippen LogP contribution in [0.5, 0.6) is 0 Å². The maximum Gasteiger partial charge on any atom is 0.0419 e. The Hall–Kier alpha value is -1.54. The average Bonchev–Trinajstić information content (AvgIpc) is 2.53. The quantitative estimate of drug-likeness (QED) is 0.820. The summed E-state index contributed by atoms with van der Waals surface area (Å²) in [7, 11) is 0. The van der Waals surface area contributed by atoms with Crippen LogP contribution >= 0.6 is 0 Å². The normalized spacial score (nSPS) is 16.4. The molecule has 1 saturated heterocycles. The first kappa shape index (κ1) is 13.4. The van der Waals surface area contributed by atoms with E-state index >= 15 is 0 Å². The summed E-state index contributed by atoms with van der Waals surface area (Å²) in [5, 5.41) is 6.24. The van der Waals surface area contributed by atoms with E-state index in [-0.39, 0.29) is 0 Å². The molecule has 1 fully saturated rings. The molecular formula is C18H24N2. The van der Waals surface area contributed by atoms with Gasteiger partial charge in [0.2, 0.25) is 0 Å². The van der Waals surface area contributed by atoms with Crippen molar-refractivity contribution < 1.29 is 0 Å². The maximum absolute atomic E-state index is 3.60. The van der Waals surface area contributed by atoms with Crippen LogP contribution in [0.2, 0.25) is 0 Å². The molecule has 0 unspecified atom stereocenters. The van der Waals surface area contributed by atoms with Gasteiger partial charge in [0.05, 0.1) is 0 Å². The monoisotopic (exact) mass is 268 g/mol. The fraction of sp³-hybridized carbons (Fsp3) is 0.444. The second-order valence-electron chi connectivity index (χ2n) is 5.71. The third-order valence-corrected chi connectivity index (χ3v) is 4.20. The molecule has 0 aliphatic carbocycles. The van der Waals surface area contributed by atoms with Crippen LogP contribution in [-0.4, -0.2) is 31.1 Å². The Labute approximate surface area is 121 Å². The van der Waals surface area contributed by atoms with Crippen molar-refractivity contribution in [2.75, 3.05) is 31.5 Å². The first-order valence-corrected chi connectivity index (χ1v) is 7.87. The number of fused-ring (bicyclic) bond motifs is 1. The number of hydrogen-bond donors (Lipinski definition) is 1. The SMILES string of the molecule is c1ccc2c(NCCCN3CCCCC3)cccc2c1. The fourth-order valence-corrected chi connectivity index (χ4v) is 3.09. The minimum Gasteiger partial charge on any atom is -0.384 e. The van der Waals surface area contributed by atoms with E-state index in [2.05, 4.69) is 52.7 Å². The van der Waals surface area contributed by atoms with Gasteiger partial charge in [0, 0.05) is 17.6 Å². The maximum atomic E-state index is 3.60. The van der Waals surface area contributed by atoms with Crippen LogP contribution in [0, 0.1) is 0 Å². The number of rotatable bonds is 5. The van der Waals surface area contributed by atoms with Gasteiger partial charge in [-0.2, -0.15) is 0 Å². The number of piperidine rings is 1. The molecule has 2 heteroatoms. The van der Waals surface area contributed by atoms with Gasteiger partial charge < -0.3 is 10.2 Å². The van der Waals surface area contributed by atoms with Gasteiger partial charge in [-0.15, -0.1) is 0 Å². The predicted octanol–water partition coefficient (Wildman–Crippen LogP) is 4.13. The van der Waals surface area contributed by atoms with Gasteiger partial charge in [-0.25, -0.2) is 0 Å². The van der Waals surface area contributed by atoms with E-state index in [1.165, 1.54) is 61.8 Å². The fourth-order valence-electron chi connectivity index (χ4n) is 3.09. The van der Waals surface area contributed by atoms with Crippen molar-refractivity contribution in [1.29, 1.82) is 0 Å². The molecule has 0 amide bonds. The molecule has 2 nitrogen and oxygen atoms in total. The Balaban J connectivity index is 1.52. The van der Waals surface area contributed by atoms with Crippen molar-refractivity contribution >= 4 is 16.5 Å². The lowest BCUT2D eigenvalue weighted by atomic mass is 10.1. The van der Waals surface area contributed by atoms with Crippen molar-refractivity contribution in [3.05, 3.63) is 42.5 Å². The Kier molecular flexibility index (Phi) is 4.54. The average molecular weight is 268 g/mol. The molecular weight excluding hydrogens is 244 g/mol. The van der Waals surface area contributed by atoms with Crippen LogP contribution in [0.15, 0.2) is 42.5 Å². The summed E-state index contributed by atoms with van der Waals surface area (Å²) in [5.74, 6) is 0. The van der Waals surface area contributed by atoms with Gasteiger partial charge in [-0.1, -0.05) is 42.8 Å². The lowest BCUT2D eigenvalue weighted by Crippen LogP contribution is -2.31. The highest BCUT2D eigenvalue weighted by molar-refractivity contribution is 5.93. The molecule has 0 atom stereocenters. The molecule has 0 bridgehead atoms. The smallest absolute Gasteiger partial charge is 0.0419 e. The third kappa shape index (κ3) is 3.31. The number of benzene rings is 2. The number of nitrogens with one attached hydrogen (secondary N) is 1. The highest BCUT2D eigenvalue weighted by Gasteiger charge is 2.08. The molecule has 3 rings (SSSR count). The van der Waals surface area contributed by atoms with E-state index < -0.39 is 0 Å². The van der Waals surface area contributed by atoms with Gasteiger partial charge in [-0.05, 0) is 50.3 Å². The summed E-state index contributed by atoms with van der Waals surface area (Å²) in [5.41, 5.74) is 1.27. The highest BCUT2D eigenvalue weighted by Crippen LogP contribution is 2.22. The zero-order valence-corrected chi connectivity index (χ0v) is 12.1. The van der Waals surface area contributed by atoms with Gasteiger partial charge in [0.25, 0.3) is 0 Å². The molecule has 1 heterocycles. The van der Waals surface area contributed by atoms with E-state index in [9.17, 15) is 0 Å². The van der Waals surface area contributed by atoms with Crippen LogP contribution in [0.25, 0.3) is 10.8 Å². The molecule has 1 aliphatic heterocycles. The molecule has 106 valence electrons. The molecule has 0 saturated carbocycles. The summed E-state index contributed by atoms with van der Waals surface area (Å²) in [4.78, 5) is 2.61. The number of hydrogen-bond acceptors (Lipinski definition) is 2. The van der Waals surface area contributed by atoms with Crippen LogP contribution in [0.3, 0.4) is 0 Å². The third-order valence-electron chi connectivity index (χ3n) is 4.20. The summed E-state index contributed by atoms with van der Waals surface area (Å²) >= 11 is 0. The Morgan fingerprint density at radius 2 is 1.70 bits per heavy atom.